The standard InChI is InChI=1S/C13H16F3NO/c1-18-9-5-6-10(11(8-9)13(14,15)16)12-4-2-3-7-17-12/h5-6,8,12,17H,2-4,7H2,1H3. The van der Waals surface area contributed by atoms with Gasteiger partial charge in [0.1, 0.15) is 5.75 Å². The Kier molecular flexibility index (Phi) is 3.80. The predicted molar refractivity (Wildman–Crippen MR) is 62.6 cm³/mol. The molecule has 100 valence electrons. The summed E-state index contributed by atoms with van der Waals surface area (Å²) >= 11 is 0. The number of ether oxygens (including phenoxy) is 1. The van der Waals surface area contributed by atoms with Crippen molar-refractivity contribution in [2.75, 3.05) is 13.7 Å². The van der Waals surface area contributed by atoms with Gasteiger partial charge in [0.15, 0.2) is 0 Å². The van der Waals surface area contributed by atoms with Crippen LogP contribution in [0, 0.1) is 0 Å². The molecular weight excluding hydrogens is 243 g/mol. The average molecular weight is 259 g/mol. The molecule has 5 heteroatoms. The molecule has 0 bridgehead atoms. The maximum absolute atomic E-state index is 13.0. The van der Waals surface area contributed by atoms with Crippen LogP contribution in [0.25, 0.3) is 0 Å². The monoisotopic (exact) mass is 259 g/mol. The molecule has 0 spiro atoms. The second-order valence-electron chi connectivity index (χ2n) is 4.45. The molecule has 0 radical (unpaired) electrons. The van der Waals surface area contributed by atoms with Crippen molar-refractivity contribution in [1.29, 1.82) is 0 Å². The van der Waals surface area contributed by atoms with E-state index in [1.165, 1.54) is 13.2 Å². The van der Waals surface area contributed by atoms with Crippen molar-refractivity contribution in [3.63, 3.8) is 0 Å². The van der Waals surface area contributed by atoms with Gasteiger partial charge < -0.3 is 10.1 Å². The van der Waals surface area contributed by atoms with E-state index in [4.69, 9.17) is 4.74 Å². The third-order valence-electron chi connectivity index (χ3n) is 3.25. The van der Waals surface area contributed by atoms with E-state index >= 15 is 0 Å². The van der Waals surface area contributed by atoms with Gasteiger partial charge in [-0.1, -0.05) is 12.5 Å². The molecule has 2 nitrogen and oxygen atoms in total. The molecule has 0 amide bonds. The zero-order valence-corrected chi connectivity index (χ0v) is 10.2. The summed E-state index contributed by atoms with van der Waals surface area (Å²) in [6, 6.07) is 3.97. The van der Waals surface area contributed by atoms with Crippen molar-refractivity contribution in [3.05, 3.63) is 29.3 Å². The highest BCUT2D eigenvalue weighted by atomic mass is 19.4. The number of alkyl halides is 3. The summed E-state index contributed by atoms with van der Waals surface area (Å²) in [5.41, 5.74) is -0.274. The molecule has 1 atom stereocenters. The van der Waals surface area contributed by atoms with Gasteiger partial charge in [0, 0.05) is 6.04 Å². The number of piperidine rings is 1. The van der Waals surface area contributed by atoms with E-state index in [0.29, 0.717) is 5.56 Å². The van der Waals surface area contributed by atoms with E-state index in [2.05, 4.69) is 5.32 Å². The summed E-state index contributed by atoms with van der Waals surface area (Å²) in [5, 5.41) is 3.14. The molecule has 0 aliphatic carbocycles. The summed E-state index contributed by atoms with van der Waals surface area (Å²) in [5.74, 6) is 0.238. The average Bonchev–Trinajstić information content (AvgIpc) is 2.38. The SMILES string of the molecule is COc1ccc(C2CCCCN2)c(C(F)(F)F)c1. The minimum Gasteiger partial charge on any atom is -0.497 e. The lowest BCUT2D eigenvalue weighted by Gasteiger charge is -2.26. The van der Waals surface area contributed by atoms with Gasteiger partial charge in [-0.3, -0.25) is 0 Å². The van der Waals surface area contributed by atoms with Crippen molar-refractivity contribution < 1.29 is 17.9 Å². The van der Waals surface area contributed by atoms with Crippen LogP contribution in [-0.4, -0.2) is 13.7 Å². The van der Waals surface area contributed by atoms with Crippen molar-refractivity contribution in [3.8, 4) is 5.75 Å². The Morgan fingerprint density at radius 3 is 2.61 bits per heavy atom. The smallest absolute Gasteiger partial charge is 0.416 e. The van der Waals surface area contributed by atoms with Crippen molar-refractivity contribution in [1.82, 2.24) is 5.32 Å². The van der Waals surface area contributed by atoms with Crippen LogP contribution >= 0.6 is 0 Å². The normalized spacial score (nSPS) is 20.8. The lowest BCUT2D eigenvalue weighted by molar-refractivity contribution is -0.138. The van der Waals surface area contributed by atoms with Crippen LogP contribution in [0.1, 0.15) is 36.4 Å². The Hall–Kier alpha value is -1.23. The first-order valence-electron chi connectivity index (χ1n) is 6.01. The fraction of sp³-hybridized carbons (Fsp3) is 0.538. The van der Waals surface area contributed by atoms with Crippen LogP contribution in [0.15, 0.2) is 18.2 Å². The molecule has 1 heterocycles. The number of benzene rings is 1. The second kappa shape index (κ2) is 5.18. The van der Waals surface area contributed by atoms with Crippen molar-refractivity contribution in [2.24, 2.45) is 0 Å². The molecule has 0 saturated carbocycles. The Labute approximate surface area is 104 Å². The van der Waals surface area contributed by atoms with Crippen LogP contribution < -0.4 is 10.1 Å². The quantitative estimate of drug-likeness (QED) is 0.877. The van der Waals surface area contributed by atoms with Crippen LogP contribution in [0.5, 0.6) is 5.75 Å². The molecule has 1 fully saturated rings. The summed E-state index contributed by atoms with van der Waals surface area (Å²) in [4.78, 5) is 0. The highest BCUT2D eigenvalue weighted by Gasteiger charge is 2.36. The number of hydrogen-bond donors (Lipinski definition) is 1. The van der Waals surface area contributed by atoms with Gasteiger partial charge in [-0.2, -0.15) is 13.2 Å². The van der Waals surface area contributed by atoms with E-state index in [1.54, 1.807) is 6.07 Å². The van der Waals surface area contributed by atoms with Gasteiger partial charge >= 0.3 is 6.18 Å². The molecule has 1 N–H and O–H groups in total. The number of methoxy groups -OCH3 is 1. The van der Waals surface area contributed by atoms with Crippen LogP contribution in [0.4, 0.5) is 13.2 Å². The number of hydrogen-bond acceptors (Lipinski definition) is 2. The number of halogens is 3. The van der Waals surface area contributed by atoms with E-state index < -0.39 is 11.7 Å². The molecule has 1 aliphatic heterocycles. The van der Waals surface area contributed by atoms with Crippen molar-refractivity contribution >= 4 is 0 Å². The lowest BCUT2D eigenvalue weighted by Crippen LogP contribution is -2.28. The fourth-order valence-electron chi connectivity index (χ4n) is 2.33. The van der Waals surface area contributed by atoms with Gasteiger partial charge in [-0.05, 0) is 37.1 Å². The molecular formula is C13H16F3NO. The van der Waals surface area contributed by atoms with Crippen LogP contribution in [0.2, 0.25) is 0 Å². The van der Waals surface area contributed by atoms with Gasteiger partial charge in [0.05, 0.1) is 12.7 Å². The number of rotatable bonds is 2. The highest BCUT2D eigenvalue weighted by molar-refractivity contribution is 5.39. The maximum Gasteiger partial charge on any atom is 0.416 e. The Morgan fingerprint density at radius 1 is 1.28 bits per heavy atom. The zero-order chi connectivity index (χ0) is 13.2. The summed E-state index contributed by atoms with van der Waals surface area (Å²) in [6.07, 6.45) is -1.62. The van der Waals surface area contributed by atoms with Gasteiger partial charge in [-0.25, -0.2) is 0 Å². The fourth-order valence-corrected chi connectivity index (χ4v) is 2.33. The first kappa shape index (κ1) is 13.2. The molecule has 18 heavy (non-hydrogen) atoms. The molecule has 1 aromatic carbocycles. The van der Waals surface area contributed by atoms with Crippen LogP contribution in [-0.2, 0) is 6.18 Å². The second-order valence-corrected chi connectivity index (χ2v) is 4.45. The zero-order valence-electron chi connectivity index (χ0n) is 10.2. The molecule has 1 saturated heterocycles. The molecule has 1 unspecified atom stereocenters. The lowest BCUT2D eigenvalue weighted by atomic mass is 9.93. The number of nitrogens with one attached hydrogen (secondary N) is 1. The van der Waals surface area contributed by atoms with Gasteiger partial charge in [0.25, 0.3) is 0 Å². The third-order valence-corrected chi connectivity index (χ3v) is 3.25. The van der Waals surface area contributed by atoms with Gasteiger partial charge in [-0.15, -0.1) is 0 Å². The minimum atomic E-state index is -4.34. The predicted octanol–water partition coefficient (Wildman–Crippen LogP) is 3.53. The largest absolute Gasteiger partial charge is 0.497 e. The summed E-state index contributed by atoms with van der Waals surface area (Å²) in [7, 11) is 1.37. The topological polar surface area (TPSA) is 21.3 Å². The Bertz CT molecular complexity index is 411. The molecule has 2 rings (SSSR count). The van der Waals surface area contributed by atoms with E-state index in [1.807, 2.05) is 0 Å². The Balaban J connectivity index is 2.38. The van der Waals surface area contributed by atoms with E-state index in [9.17, 15) is 13.2 Å². The van der Waals surface area contributed by atoms with Gasteiger partial charge in [0.2, 0.25) is 0 Å². The summed E-state index contributed by atoms with van der Waals surface area (Å²) < 4.78 is 44.0. The van der Waals surface area contributed by atoms with Crippen LogP contribution in [0.3, 0.4) is 0 Å². The third kappa shape index (κ3) is 2.77. The first-order valence-corrected chi connectivity index (χ1v) is 6.01. The summed E-state index contributed by atoms with van der Waals surface area (Å²) in [6.45, 7) is 0.772. The Morgan fingerprint density at radius 2 is 2.06 bits per heavy atom. The van der Waals surface area contributed by atoms with E-state index in [0.717, 1.165) is 31.9 Å². The minimum absolute atomic E-state index is 0.207. The highest BCUT2D eigenvalue weighted by Crippen LogP contribution is 2.38. The molecule has 0 aromatic heterocycles. The first-order chi connectivity index (χ1) is 8.52. The van der Waals surface area contributed by atoms with Crippen molar-refractivity contribution in [2.45, 2.75) is 31.5 Å². The maximum atomic E-state index is 13.0. The van der Waals surface area contributed by atoms with E-state index in [-0.39, 0.29) is 11.8 Å². The molecule has 1 aliphatic rings. The molecule has 1 aromatic rings.